The van der Waals surface area contributed by atoms with E-state index in [1.54, 1.807) is 28.8 Å². The molecule has 0 saturated heterocycles. The molecule has 0 fully saturated rings. The number of carbonyl (C=O) groups excluding carboxylic acids is 1. The van der Waals surface area contributed by atoms with E-state index < -0.39 is 5.82 Å². The number of nitrogens with zero attached hydrogens (tertiary/aromatic N) is 3. The lowest BCUT2D eigenvalue weighted by molar-refractivity contribution is -0.115. The lowest BCUT2D eigenvalue weighted by Crippen LogP contribution is -2.29. The van der Waals surface area contributed by atoms with Gasteiger partial charge in [0, 0.05) is 9.79 Å². The summed E-state index contributed by atoms with van der Waals surface area (Å²) in [7, 11) is 0. The average Bonchev–Trinajstić information content (AvgIpc) is 3.28. The second kappa shape index (κ2) is 9.05. The highest BCUT2D eigenvalue weighted by molar-refractivity contribution is 8.00. The van der Waals surface area contributed by atoms with Crippen molar-refractivity contribution in [3.8, 4) is 5.75 Å². The maximum absolute atomic E-state index is 13.7. The highest BCUT2D eigenvalue weighted by Crippen LogP contribution is 2.48. The molecule has 0 radical (unpaired) electrons. The molecule has 0 N–H and O–H groups in total. The first-order valence-electron chi connectivity index (χ1n) is 9.70. The number of anilines is 2. The molecular weight excluding hydrogens is 449 g/mol. The molecule has 160 valence electrons. The van der Waals surface area contributed by atoms with E-state index in [1.807, 2.05) is 48.5 Å². The van der Waals surface area contributed by atoms with Gasteiger partial charge in [0.15, 0.2) is 18.2 Å². The van der Waals surface area contributed by atoms with Gasteiger partial charge in [0.05, 0.1) is 17.1 Å². The predicted octanol–water partition coefficient (Wildman–Crippen LogP) is 5.71. The van der Waals surface area contributed by atoms with E-state index in [0.717, 1.165) is 32.9 Å². The van der Waals surface area contributed by atoms with Crippen molar-refractivity contribution in [2.24, 2.45) is 0 Å². The lowest BCUT2D eigenvalue weighted by atomic mass is 10.2. The minimum Gasteiger partial charge on any atom is -0.481 e. The van der Waals surface area contributed by atoms with Gasteiger partial charge in [-0.05, 0) is 36.4 Å². The van der Waals surface area contributed by atoms with Crippen LogP contribution in [0.4, 0.5) is 15.8 Å². The Balaban J connectivity index is 1.27. The molecule has 9 heteroatoms. The van der Waals surface area contributed by atoms with E-state index in [9.17, 15) is 9.18 Å². The van der Waals surface area contributed by atoms with E-state index in [-0.39, 0.29) is 35.1 Å². The van der Waals surface area contributed by atoms with Crippen molar-refractivity contribution >= 4 is 40.8 Å². The van der Waals surface area contributed by atoms with Crippen LogP contribution in [0.1, 0.15) is 5.89 Å². The maximum Gasteiger partial charge on any atom is 0.277 e. The molecule has 1 amide bonds. The minimum atomic E-state index is -0.465. The first-order chi connectivity index (χ1) is 15.7. The van der Waals surface area contributed by atoms with E-state index in [1.165, 1.54) is 12.1 Å². The number of carbonyl (C=O) groups is 1. The molecule has 0 unspecified atom stereocenters. The second-order valence-electron chi connectivity index (χ2n) is 6.74. The lowest BCUT2D eigenvalue weighted by Gasteiger charge is -2.30. The number of halogens is 1. The quantitative estimate of drug-likeness (QED) is 0.338. The number of aromatic nitrogens is 2. The molecule has 0 aliphatic carbocycles. The summed E-state index contributed by atoms with van der Waals surface area (Å²) in [5.74, 6) is -0.142. The summed E-state index contributed by atoms with van der Waals surface area (Å²) in [6.07, 6.45) is 0. The summed E-state index contributed by atoms with van der Waals surface area (Å²) >= 11 is 2.79. The predicted molar refractivity (Wildman–Crippen MR) is 120 cm³/mol. The molecule has 0 atom stereocenters. The summed E-state index contributed by atoms with van der Waals surface area (Å²) in [6, 6.07) is 21.7. The summed E-state index contributed by atoms with van der Waals surface area (Å²) < 4.78 is 24.6. The first kappa shape index (κ1) is 20.6. The molecule has 0 saturated carbocycles. The van der Waals surface area contributed by atoms with Gasteiger partial charge >= 0.3 is 0 Å². The third kappa shape index (κ3) is 4.21. The summed E-state index contributed by atoms with van der Waals surface area (Å²) in [5, 5.41) is 8.11. The number of amides is 1. The molecule has 1 aliphatic rings. The third-order valence-electron chi connectivity index (χ3n) is 4.64. The van der Waals surface area contributed by atoms with Gasteiger partial charge in [0.2, 0.25) is 5.91 Å². The standard InChI is InChI=1S/C23H16FN3O3S2/c24-15-7-1-4-10-18(15)29-13-21-25-26-23(30-21)31-14-22(28)27-16-8-2-5-11-19(16)32-20-12-6-3-9-17(20)27/h1-12H,13-14H2. The van der Waals surface area contributed by atoms with Crippen molar-refractivity contribution in [3.63, 3.8) is 0 Å². The Kier molecular flexibility index (Phi) is 5.83. The van der Waals surface area contributed by atoms with Crippen molar-refractivity contribution in [1.82, 2.24) is 10.2 Å². The van der Waals surface area contributed by atoms with Gasteiger partial charge in [-0.25, -0.2) is 4.39 Å². The van der Waals surface area contributed by atoms with Crippen LogP contribution in [0.3, 0.4) is 0 Å². The Bertz CT molecular complexity index is 1240. The van der Waals surface area contributed by atoms with Gasteiger partial charge in [-0.2, -0.15) is 0 Å². The Labute approximate surface area is 191 Å². The van der Waals surface area contributed by atoms with Crippen molar-refractivity contribution in [2.45, 2.75) is 21.6 Å². The Hall–Kier alpha value is -3.30. The zero-order chi connectivity index (χ0) is 21.9. The van der Waals surface area contributed by atoms with Crippen molar-refractivity contribution in [1.29, 1.82) is 0 Å². The highest BCUT2D eigenvalue weighted by Gasteiger charge is 2.28. The smallest absolute Gasteiger partial charge is 0.277 e. The zero-order valence-corrected chi connectivity index (χ0v) is 18.2. The van der Waals surface area contributed by atoms with Crippen LogP contribution in [0, 0.1) is 5.82 Å². The molecule has 2 heterocycles. The first-order valence-corrected chi connectivity index (χ1v) is 11.5. The Morgan fingerprint density at radius 2 is 1.62 bits per heavy atom. The van der Waals surface area contributed by atoms with Crippen LogP contribution < -0.4 is 9.64 Å². The van der Waals surface area contributed by atoms with Crippen LogP contribution in [-0.2, 0) is 11.4 Å². The second-order valence-corrected chi connectivity index (χ2v) is 8.75. The summed E-state index contributed by atoms with van der Waals surface area (Å²) in [6.45, 7) is -0.0630. The number of rotatable bonds is 6. The van der Waals surface area contributed by atoms with Crippen LogP contribution in [0.25, 0.3) is 0 Å². The van der Waals surface area contributed by atoms with Crippen LogP contribution >= 0.6 is 23.5 Å². The zero-order valence-electron chi connectivity index (χ0n) is 16.6. The van der Waals surface area contributed by atoms with Crippen LogP contribution in [0.5, 0.6) is 5.75 Å². The van der Waals surface area contributed by atoms with Crippen molar-refractivity contribution in [2.75, 3.05) is 10.7 Å². The number of benzene rings is 3. The van der Waals surface area contributed by atoms with E-state index in [4.69, 9.17) is 9.15 Å². The highest BCUT2D eigenvalue weighted by atomic mass is 32.2. The SMILES string of the molecule is O=C(CSc1nnc(COc2ccccc2F)o1)N1c2ccccc2Sc2ccccc21. The molecular formula is C23H16FN3O3S2. The fraction of sp³-hybridized carbons (Fsp3) is 0.0870. The Morgan fingerprint density at radius 3 is 2.34 bits per heavy atom. The number of hydrogen-bond acceptors (Lipinski definition) is 7. The number of fused-ring (bicyclic) bond motifs is 2. The Morgan fingerprint density at radius 1 is 0.969 bits per heavy atom. The van der Waals surface area contributed by atoms with Gasteiger partial charge in [0.25, 0.3) is 11.1 Å². The molecule has 6 nitrogen and oxygen atoms in total. The van der Waals surface area contributed by atoms with Crippen LogP contribution in [-0.4, -0.2) is 21.9 Å². The summed E-state index contributed by atoms with van der Waals surface area (Å²) in [4.78, 5) is 17.0. The van der Waals surface area contributed by atoms with Crippen molar-refractivity contribution < 1.29 is 18.3 Å². The topological polar surface area (TPSA) is 68.5 Å². The van der Waals surface area contributed by atoms with Gasteiger partial charge in [-0.1, -0.05) is 59.9 Å². The van der Waals surface area contributed by atoms with Gasteiger partial charge < -0.3 is 9.15 Å². The van der Waals surface area contributed by atoms with E-state index in [2.05, 4.69) is 10.2 Å². The number of hydrogen-bond donors (Lipinski definition) is 0. The molecule has 0 bridgehead atoms. The van der Waals surface area contributed by atoms with E-state index in [0.29, 0.717) is 0 Å². The molecule has 4 aromatic rings. The number of thioether (sulfide) groups is 1. The molecule has 1 aliphatic heterocycles. The molecule has 0 spiro atoms. The van der Waals surface area contributed by atoms with Crippen molar-refractivity contribution in [3.05, 3.63) is 84.5 Å². The molecule has 1 aromatic heterocycles. The molecule has 3 aromatic carbocycles. The summed E-state index contributed by atoms with van der Waals surface area (Å²) in [5.41, 5.74) is 1.71. The average molecular weight is 466 g/mol. The van der Waals surface area contributed by atoms with Crippen LogP contribution in [0.2, 0.25) is 0 Å². The normalized spacial score (nSPS) is 12.2. The molecule has 5 rings (SSSR count). The minimum absolute atomic E-state index is 0.0630. The third-order valence-corrected chi connectivity index (χ3v) is 6.57. The molecule has 32 heavy (non-hydrogen) atoms. The largest absolute Gasteiger partial charge is 0.481 e. The maximum atomic E-state index is 13.7. The van der Waals surface area contributed by atoms with E-state index >= 15 is 0 Å². The van der Waals surface area contributed by atoms with Crippen LogP contribution in [0.15, 0.2) is 92.2 Å². The van der Waals surface area contributed by atoms with Gasteiger partial charge in [0.1, 0.15) is 0 Å². The monoisotopic (exact) mass is 465 g/mol. The van der Waals surface area contributed by atoms with Gasteiger partial charge in [-0.3, -0.25) is 9.69 Å². The number of para-hydroxylation sites is 3. The number of ether oxygens (including phenoxy) is 1. The fourth-order valence-corrected chi connectivity index (χ4v) is 4.91. The fourth-order valence-electron chi connectivity index (χ4n) is 3.22. The van der Waals surface area contributed by atoms with Gasteiger partial charge in [-0.15, -0.1) is 10.2 Å².